The van der Waals surface area contributed by atoms with Gasteiger partial charge in [0.15, 0.2) is 11.6 Å². The number of aromatic nitrogens is 1. The second-order valence-electron chi connectivity index (χ2n) is 6.13. The van der Waals surface area contributed by atoms with Crippen LogP contribution in [0.3, 0.4) is 0 Å². The Morgan fingerprint density at radius 1 is 1.41 bits per heavy atom. The lowest BCUT2D eigenvalue weighted by Gasteiger charge is -2.38. The molecule has 1 aromatic heterocycles. The molecule has 2 amide bonds. The lowest BCUT2D eigenvalue weighted by molar-refractivity contribution is -0.148. The van der Waals surface area contributed by atoms with Crippen molar-refractivity contribution in [2.24, 2.45) is 0 Å². The van der Waals surface area contributed by atoms with Gasteiger partial charge < -0.3 is 10.1 Å². The molecule has 1 saturated carbocycles. The van der Waals surface area contributed by atoms with Crippen LogP contribution in [0.2, 0.25) is 0 Å². The molecular formula is C16H21N3O3. The number of carbonyl (C=O) groups is 2. The number of fused-ring (bicyclic) bond motifs is 1. The quantitative estimate of drug-likeness (QED) is 0.843. The van der Waals surface area contributed by atoms with Crippen LogP contribution in [0.25, 0.3) is 0 Å². The van der Waals surface area contributed by atoms with E-state index in [0.717, 1.165) is 25.7 Å². The molecule has 1 aliphatic heterocycles. The molecule has 2 aliphatic rings. The Labute approximate surface area is 129 Å². The van der Waals surface area contributed by atoms with E-state index >= 15 is 0 Å². The van der Waals surface area contributed by atoms with Crippen LogP contribution < -0.4 is 15.0 Å². The molecule has 0 saturated heterocycles. The van der Waals surface area contributed by atoms with E-state index in [1.165, 1.54) is 18.2 Å². The van der Waals surface area contributed by atoms with E-state index in [0.29, 0.717) is 11.6 Å². The fraction of sp³-hybridized carbons (Fsp3) is 0.562. The molecule has 1 aliphatic carbocycles. The van der Waals surface area contributed by atoms with Crippen LogP contribution in [-0.2, 0) is 9.59 Å². The molecule has 0 aromatic carbocycles. The van der Waals surface area contributed by atoms with Crippen molar-refractivity contribution in [3.05, 3.63) is 18.3 Å². The van der Waals surface area contributed by atoms with Crippen LogP contribution >= 0.6 is 0 Å². The lowest BCUT2D eigenvalue weighted by atomic mass is 9.94. The van der Waals surface area contributed by atoms with Gasteiger partial charge in [0.1, 0.15) is 0 Å². The predicted octanol–water partition coefficient (Wildman–Crippen LogP) is 1.64. The summed E-state index contributed by atoms with van der Waals surface area (Å²) in [5.74, 6) is 0.124. The first kappa shape index (κ1) is 14.8. The van der Waals surface area contributed by atoms with E-state index in [4.69, 9.17) is 4.74 Å². The summed E-state index contributed by atoms with van der Waals surface area (Å²) in [6.45, 7) is 1.53. The minimum Gasteiger partial charge on any atom is -0.464 e. The van der Waals surface area contributed by atoms with E-state index in [2.05, 4.69) is 10.3 Å². The first-order chi connectivity index (χ1) is 10.5. The average molecular weight is 303 g/mol. The highest BCUT2D eigenvalue weighted by atomic mass is 16.5. The largest absolute Gasteiger partial charge is 0.464 e. The van der Waals surface area contributed by atoms with Gasteiger partial charge in [0, 0.05) is 19.3 Å². The van der Waals surface area contributed by atoms with Crippen LogP contribution in [0.4, 0.5) is 5.82 Å². The molecule has 3 rings (SSSR count). The van der Waals surface area contributed by atoms with Crippen molar-refractivity contribution in [3.63, 3.8) is 0 Å². The Morgan fingerprint density at radius 3 is 2.86 bits per heavy atom. The van der Waals surface area contributed by atoms with E-state index in [9.17, 15) is 9.59 Å². The summed E-state index contributed by atoms with van der Waals surface area (Å²) < 4.78 is 5.74. The van der Waals surface area contributed by atoms with Gasteiger partial charge in [-0.3, -0.25) is 14.5 Å². The number of amides is 2. The fourth-order valence-corrected chi connectivity index (χ4v) is 3.11. The maximum atomic E-state index is 12.6. The molecule has 0 spiro atoms. The molecule has 0 unspecified atom stereocenters. The predicted molar refractivity (Wildman–Crippen MR) is 81.7 cm³/mol. The van der Waals surface area contributed by atoms with Gasteiger partial charge in [-0.15, -0.1) is 0 Å². The molecule has 0 radical (unpaired) electrons. The summed E-state index contributed by atoms with van der Waals surface area (Å²) in [6.07, 6.45) is 6.96. The van der Waals surface area contributed by atoms with E-state index in [1.54, 1.807) is 25.4 Å². The number of nitrogens with one attached hydrogen (secondary N) is 1. The Morgan fingerprint density at radius 2 is 2.14 bits per heavy atom. The third kappa shape index (κ3) is 2.42. The molecule has 2 heterocycles. The molecular weight excluding hydrogens is 282 g/mol. The molecule has 6 heteroatoms. The van der Waals surface area contributed by atoms with Gasteiger partial charge in [-0.05, 0) is 31.9 Å². The number of hydrogen-bond acceptors (Lipinski definition) is 4. The highest BCUT2D eigenvalue weighted by Gasteiger charge is 2.50. The zero-order valence-corrected chi connectivity index (χ0v) is 13.0. The Hall–Kier alpha value is -2.11. The lowest BCUT2D eigenvalue weighted by Crippen LogP contribution is -2.62. The number of hydrogen-bond donors (Lipinski definition) is 1. The molecule has 118 valence electrons. The number of pyridine rings is 1. The van der Waals surface area contributed by atoms with Crippen molar-refractivity contribution in [1.82, 2.24) is 10.3 Å². The maximum Gasteiger partial charge on any atom is 0.281 e. The maximum absolute atomic E-state index is 12.6. The van der Waals surface area contributed by atoms with Crippen molar-refractivity contribution < 1.29 is 14.3 Å². The van der Waals surface area contributed by atoms with Crippen LogP contribution in [-0.4, -0.2) is 35.5 Å². The minimum atomic E-state index is -1.54. The van der Waals surface area contributed by atoms with Crippen LogP contribution in [0, 0.1) is 0 Å². The van der Waals surface area contributed by atoms with Gasteiger partial charge in [-0.25, -0.2) is 4.98 Å². The second kappa shape index (κ2) is 5.59. The van der Waals surface area contributed by atoms with Gasteiger partial charge in [0.2, 0.25) is 0 Å². The van der Waals surface area contributed by atoms with Crippen LogP contribution in [0.5, 0.6) is 5.75 Å². The smallest absolute Gasteiger partial charge is 0.281 e. The third-order valence-corrected chi connectivity index (χ3v) is 4.47. The van der Waals surface area contributed by atoms with Crippen molar-refractivity contribution in [3.8, 4) is 5.75 Å². The highest BCUT2D eigenvalue weighted by Crippen LogP contribution is 2.35. The normalized spacial score (nSPS) is 25.4. The topological polar surface area (TPSA) is 71.5 Å². The average Bonchev–Trinajstić information content (AvgIpc) is 2.54. The number of ether oxygens (including phenoxy) is 1. The molecule has 22 heavy (non-hydrogen) atoms. The number of anilines is 1. The van der Waals surface area contributed by atoms with Gasteiger partial charge in [0.25, 0.3) is 17.4 Å². The van der Waals surface area contributed by atoms with Gasteiger partial charge >= 0.3 is 0 Å². The monoisotopic (exact) mass is 303 g/mol. The van der Waals surface area contributed by atoms with Gasteiger partial charge in [-0.1, -0.05) is 19.3 Å². The summed E-state index contributed by atoms with van der Waals surface area (Å²) in [7, 11) is 1.61. The molecule has 1 atom stereocenters. The fourth-order valence-electron chi connectivity index (χ4n) is 3.11. The molecule has 1 aromatic rings. The number of rotatable bonds is 2. The van der Waals surface area contributed by atoms with E-state index in [-0.39, 0.29) is 11.9 Å². The van der Waals surface area contributed by atoms with E-state index in [1.807, 2.05) is 0 Å². The first-order valence-electron chi connectivity index (χ1n) is 7.75. The van der Waals surface area contributed by atoms with Gasteiger partial charge in [-0.2, -0.15) is 0 Å². The van der Waals surface area contributed by atoms with E-state index < -0.39 is 11.5 Å². The molecule has 6 nitrogen and oxygen atoms in total. The second-order valence-corrected chi connectivity index (χ2v) is 6.13. The van der Waals surface area contributed by atoms with Crippen LogP contribution in [0.15, 0.2) is 18.3 Å². The third-order valence-electron chi connectivity index (χ3n) is 4.47. The Kier molecular flexibility index (Phi) is 3.76. The SMILES string of the molecule is CN1C(=O)[C@@](C)(C(=O)NC2CCCCC2)Oc2cccnc21. The zero-order chi connectivity index (χ0) is 15.7. The summed E-state index contributed by atoms with van der Waals surface area (Å²) >= 11 is 0. The molecule has 1 N–H and O–H groups in total. The first-order valence-corrected chi connectivity index (χ1v) is 7.75. The Bertz CT molecular complexity index is 598. The summed E-state index contributed by atoms with van der Waals surface area (Å²) in [4.78, 5) is 30.8. The van der Waals surface area contributed by atoms with Crippen molar-refractivity contribution in [2.75, 3.05) is 11.9 Å². The number of carbonyl (C=O) groups excluding carboxylic acids is 2. The van der Waals surface area contributed by atoms with Crippen molar-refractivity contribution >= 4 is 17.6 Å². The number of nitrogens with zero attached hydrogens (tertiary/aromatic N) is 2. The van der Waals surface area contributed by atoms with Gasteiger partial charge in [0.05, 0.1) is 0 Å². The molecule has 1 fully saturated rings. The molecule has 0 bridgehead atoms. The zero-order valence-electron chi connectivity index (χ0n) is 13.0. The standard InChI is InChI=1S/C16H21N3O3/c1-16(14(20)18-11-7-4-3-5-8-11)15(21)19(2)13-12(22-16)9-6-10-17-13/h6,9-11H,3-5,7-8H2,1-2H3,(H,18,20)/t16-/m1/s1. The Balaban J connectivity index is 1.82. The van der Waals surface area contributed by atoms with Crippen molar-refractivity contribution in [1.29, 1.82) is 0 Å². The van der Waals surface area contributed by atoms with Crippen molar-refractivity contribution in [2.45, 2.75) is 50.7 Å². The summed E-state index contributed by atoms with van der Waals surface area (Å²) in [5.41, 5.74) is -1.54. The minimum absolute atomic E-state index is 0.134. The summed E-state index contributed by atoms with van der Waals surface area (Å²) in [6, 6.07) is 3.58. The number of likely N-dealkylation sites (N-methyl/N-ethyl adjacent to an activating group) is 1. The highest BCUT2D eigenvalue weighted by molar-refractivity contribution is 6.15. The summed E-state index contributed by atoms with van der Waals surface area (Å²) in [5, 5.41) is 2.98. The van der Waals surface area contributed by atoms with Crippen LogP contribution in [0.1, 0.15) is 39.0 Å².